The van der Waals surface area contributed by atoms with E-state index in [9.17, 15) is 0 Å². The first kappa shape index (κ1) is 10.5. The van der Waals surface area contributed by atoms with Gasteiger partial charge < -0.3 is 0 Å². The van der Waals surface area contributed by atoms with Crippen LogP contribution in [0.25, 0.3) is 0 Å². The molecule has 0 radical (unpaired) electrons. The first-order valence-corrected chi connectivity index (χ1v) is 6.74. The topological polar surface area (TPSA) is 18.5 Å². The van der Waals surface area contributed by atoms with E-state index in [1.54, 1.807) is 0 Å². The summed E-state index contributed by atoms with van der Waals surface area (Å²) in [6.45, 7) is 5.16. The van der Waals surface area contributed by atoms with Crippen LogP contribution in [0.15, 0.2) is 0 Å². The summed E-state index contributed by atoms with van der Waals surface area (Å²) in [5.41, 5.74) is 0. The Balaban J connectivity index is 2.45. The molecule has 0 amide bonds. The summed E-state index contributed by atoms with van der Waals surface area (Å²) in [5, 5.41) is 0. The monoisotopic (exact) mass is 207 g/mol. The van der Waals surface area contributed by atoms with E-state index in [2.05, 4.69) is 13.8 Å². The molecule has 3 unspecified atom stereocenters. The van der Waals surface area contributed by atoms with Gasteiger partial charge in [-0.3, -0.25) is 0 Å². The Bertz CT molecular complexity index is 163. The molecule has 0 aliphatic carbocycles. The Kier molecular flexibility index (Phi) is 4.59. The highest BCUT2D eigenvalue weighted by Gasteiger charge is 2.35. The van der Waals surface area contributed by atoms with Gasteiger partial charge in [0.2, 0.25) is 11.8 Å². The van der Waals surface area contributed by atoms with Crippen molar-refractivity contribution in [2.45, 2.75) is 39.2 Å². The highest BCUT2D eigenvalue weighted by Crippen LogP contribution is 2.38. The zero-order valence-corrected chi connectivity index (χ0v) is 9.37. The molecule has 0 N–H and O–H groups in total. The van der Waals surface area contributed by atoms with Crippen molar-refractivity contribution in [2.75, 3.05) is 6.61 Å². The Hall–Kier alpha value is 0.440. The lowest BCUT2D eigenvalue weighted by atomic mass is 9.97. The summed E-state index contributed by atoms with van der Waals surface area (Å²) in [6, 6.07) is 0. The van der Waals surface area contributed by atoms with Crippen molar-refractivity contribution >= 4 is 19.0 Å². The van der Waals surface area contributed by atoms with Crippen molar-refractivity contribution in [3.05, 3.63) is 0 Å². The Morgan fingerprint density at radius 1 is 1.50 bits per heavy atom. The fourth-order valence-electron chi connectivity index (χ4n) is 1.44. The third-order valence-corrected chi connectivity index (χ3v) is 3.62. The predicted molar refractivity (Wildman–Crippen MR) is 53.8 cm³/mol. The van der Waals surface area contributed by atoms with E-state index >= 15 is 0 Å². The second-order valence-corrected chi connectivity index (χ2v) is 4.93. The SMILES string of the molecule is CCCC1O[P+](=S)OCC1CC. The van der Waals surface area contributed by atoms with Crippen molar-refractivity contribution < 1.29 is 9.05 Å². The summed E-state index contributed by atoms with van der Waals surface area (Å²) in [7, 11) is -0.992. The first-order valence-electron chi connectivity index (χ1n) is 4.54. The van der Waals surface area contributed by atoms with Gasteiger partial charge in [0.05, 0.1) is 0 Å². The lowest BCUT2D eigenvalue weighted by molar-refractivity contribution is 0.0471. The minimum atomic E-state index is -0.992. The predicted octanol–water partition coefficient (Wildman–Crippen LogP) is 3.00. The molecule has 1 rings (SSSR count). The molecule has 0 saturated carbocycles. The lowest BCUT2D eigenvalue weighted by Gasteiger charge is -2.23. The summed E-state index contributed by atoms with van der Waals surface area (Å²) in [5.74, 6) is 0.562. The first-order chi connectivity index (χ1) is 5.77. The molecular formula is C8H16O2PS+. The van der Waals surface area contributed by atoms with E-state index in [0.717, 1.165) is 19.4 Å². The van der Waals surface area contributed by atoms with Gasteiger partial charge in [-0.15, -0.1) is 9.05 Å². The standard InChI is InChI=1S/C8H16O2PS/c1-3-5-8-7(4-2)6-9-11(12)10-8/h7-8H,3-6H2,1-2H3/q+1. The largest absolute Gasteiger partial charge is 0.521 e. The fourth-order valence-corrected chi connectivity index (χ4v) is 2.83. The van der Waals surface area contributed by atoms with E-state index < -0.39 is 7.15 Å². The van der Waals surface area contributed by atoms with Crippen LogP contribution in [0.5, 0.6) is 0 Å². The maximum atomic E-state index is 5.59. The van der Waals surface area contributed by atoms with Crippen LogP contribution in [0.3, 0.4) is 0 Å². The van der Waals surface area contributed by atoms with Gasteiger partial charge >= 0.3 is 7.15 Å². The van der Waals surface area contributed by atoms with Crippen LogP contribution < -0.4 is 0 Å². The van der Waals surface area contributed by atoms with Crippen LogP contribution >= 0.6 is 7.15 Å². The zero-order valence-electron chi connectivity index (χ0n) is 7.66. The average Bonchev–Trinajstić information content (AvgIpc) is 2.05. The summed E-state index contributed by atoms with van der Waals surface area (Å²) in [4.78, 5) is 0. The molecule has 0 aromatic rings. The van der Waals surface area contributed by atoms with Crippen molar-refractivity contribution in [3.8, 4) is 0 Å². The molecule has 1 aliphatic rings. The molecule has 70 valence electrons. The highest BCUT2D eigenvalue weighted by atomic mass is 32.4. The third-order valence-electron chi connectivity index (χ3n) is 2.24. The minimum absolute atomic E-state index is 0.359. The summed E-state index contributed by atoms with van der Waals surface area (Å²) >= 11 is 5.00. The van der Waals surface area contributed by atoms with E-state index in [0.29, 0.717) is 12.0 Å². The average molecular weight is 207 g/mol. The molecule has 0 bridgehead atoms. The van der Waals surface area contributed by atoms with Crippen LogP contribution in [-0.4, -0.2) is 12.7 Å². The van der Waals surface area contributed by atoms with E-state index in [-0.39, 0.29) is 0 Å². The number of rotatable bonds is 3. The van der Waals surface area contributed by atoms with Gasteiger partial charge in [-0.05, 0) is 12.8 Å². The fraction of sp³-hybridized carbons (Fsp3) is 1.00. The Labute approximate surface area is 80.2 Å². The minimum Gasteiger partial charge on any atom is -0.142 e. The molecule has 0 spiro atoms. The van der Waals surface area contributed by atoms with E-state index in [1.807, 2.05) is 0 Å². The number of hydrogen-bond donors (Lipinski definition) is 0. The molecule has 0 aromatic carbocycles. The molecule has 4 heteroatoms. The lowest BCUT2D eigenvalue weighted by Crippen LogP contribution is -2.28. The summed E-state index contributed by atoms with van der Waals surface area (Å²) in [6.07, 6.45) is 3.78. The Morgan fingerprint density at radius 2 is 2.25 bits per heavy atom. The van der Waals surface area contributed by atoms with Crippen LogP contribution in [-0.2, 0) is 20.9 Å². The van der Waals surface area contributed by atoms with Crippen LogP contribution in [0.4, 0.5) is 0 Å². The second kappa shape index (κ2) is 5.23. The normalized spacial score (nSPS) is 33.7. The van der Waals surface area contributed by atoms with Gasteiger partial charge in [-0.2, -0.15) is 0 Å². The van der Waals surface area contributed by atoms with Gasteiger partial charge in [-0.25, -0.2) is 0 Å². The van der Waals surface area contributed by atoms with E-state index in [1.165, 1.54) is 6.42 Å². The van der Waals surface area contributed by atoms with Gasteiger partial charge in [0, 0.05) is 5.92 Å². The van der Waals surface area contributed by atoms with Crippen molar-refractivity contribution in [2.24, 2.45) is 5.92 Å². The molecule has 1 heterocycles. The van der Waals surface area contributed by atoms with E-state index in [4.69, 9.17) is 20.9 Å². The van der Waals surface area contributed by atoms with Gasteiger partial charge in [0.25, 0.3) is 0 Å². The van der Waals surface area contributed by atoms with Crippen LogP contribution in [0.2, 0.25) is 0 Å². The molecule has 1 fully saturated rings. The quantitative estimate of drug-likeness (QED) is 0.663. The van der Waals surface area contributed by atoms with Crippen molar-refractivity contribution in [1.82, 2.24) is 0 Å². The van der Waals surface area contributed by atoms with Gasteiger partial charge in [0.15, 0.2) is 0 Å². The van der Waals surface area contributed by atoms with Crippen molar-refractivity contribution in [3.63, 3.8) is 0 Å². The maximum Gasteiger partial charge on any atom is 0.521 e. The smallest absolute Gasteiger partial charge is 0.142 e. The molecular weight excluding hydrogens is 191 g/mol. The van der Waals surface area contributed by atoms with Crippen molar-refractivity contribution in [1.29, 1.82) is 0 Å². The van der Waals surface area contributed by atoms with Gasteiger partial charge in [0.1, 0.15) is 12.7 Å². The third kappa shape index (κ3) is 2.74. The second-order valence-electron chi connectivity index (χ2n) is 3.12. The maximum absolute atomic E-state index is 5.59. The molecule has 3 atom stereocenters. The zero-order chi connectivity index (χ0) is 8.97. The highest BCUT2D eigenvalue weighted by molar-refractivity contribution is 8.00. The van der Waals surface area contributed by atoms with Crippen LogP contribution in [0.1, 0.15) is 33.1 Å². The summed E-state index contributed by atoms with van der Waals surface area (Å²) < 4.78 is 10.9. The molecule has 2 nitrogen and oxygen atoms in total. The molecule has 0 aromatic heterocycles. The van der Waals surface area contributed by atoms with Crippen LogP contribution in [0, 0.1) is 5.92 Å². The Morgan fingerprint density at radius 3 is 2.83 bits per heavy atom. The molecule has 1 aliphatic heterocycles. The molecule has 1 saturated heterocycles. The number of hydrogen-bond acceptors (Lipinski definition) is 3. The van der Waals surface area contributed by atoms with Gasteiger partial charge in [-0.1, -0.05) is 20.3 Å². The molecule has 12 heavy (non-hydrogen) atoms.